The highest BCUT2D eigenvalue weighted by Gasteiger charge is 2.45. The van der Waals surface area contributed by atoms with Gasteiger partial charge in [-0.25, -0.2) is 4.68 Å². The Hall–Kier alpha value is -1.99. The molecule has 2 aromatic rings. The lowest BCUT2D eigenvalue weighted by atomic mass is 9.78. The summed E-state index contributed by atoms with van der Waals surface area (Å²) in [5.74, 6) is 0.836. The van der Waals surface area contributed by atoms with Crippen LogP contribution in [0.3, 0.4) is 0 Å². The molecule has 2 aliphatic rings. The average Bonchev–Trinajstić information content (AvgIpc) is 3.03. The molecule has 0 bridgehead atoms. The van der Waals surface area contributed by atoms with Gasteiger partial charge in [0.15, 0.2) is 0 Å². The zero-order valence-corrected chi connectivity index (χ0v) is 14.9. The normalized spacial score (nSPS) is 22.2. The summed E-state index contributed by atoms with van der Waals surface area (Å²) >= 11 is 0. The zero-order chi connectivity index (χ0) is 17.3. The maximum Gasteiger partial charge on any atom is 0.246 e. The topological polar surface area (TPSA) is 65.3 Å². The lowest BCUT2D eigenvalue weighted by Gasteiger charge is -2.50. The van der Waals surface area contributed by atoms with Gasteiger partial charge in [0, 0.05) is 13.7 Å². The van der Waals surface area contributed by atoms with Crippen LogP contribution in [0.1, 0.15) is 37.3 Å². The molecule has 1 aromatic heterocycles. The largest absolute Gasteiger partial charge is 0.380 e. The van der Waals surface area contributed by atoms with E-state index in [-0.39, 0.29) is 11.7 Å². The molecule has 1 atom stereocenters. The van der Waals surface area contributed by atoms with Crippen molar-refractivity contribution in [2.24, 2.45) is 0 Å². The molecular weight excluding hydrogens is 318 g/mol. The molecule has 7 nitrogen and oxygen atoms in total. The van der Waals surface area contributed by atoms with E-state index in [1.807, 2.05) is 4.68 Å². The molecule has 1 aromatic carbocycles. The van der Waals surface area contributed by atoms with Crippen molar-refractivity contribution in [1.82, 2.24) is 20.2 Å². The van der Waals surface area contributed by atoms with E-state index in [4.69, 9.17) is 9.47 Å². The van der Waals surface area contributed by atoms with Crippen molar-refractivity contribution in [3.63, 3.8) is 0 Å². The van der Waals surface area contributed by atoms with E-state index in [0.29, 0.717) is 13.2 Å². The molecule has 4 rings (SSSR count). The standard InChI is InChI=1S/C18H25N5O2/c1-14-10-22(13-18(25-14)8-3-9-18)17-19-20-21-23(17)11-15-4-6-16(7-5-15)12-24-2/h4-7,14H,3,8-13H2,1-2H3. The fourth-order valence-electron chi connectivity index (χ4n) is 3.83. The lowest BCUT2D eigenvalue weighted by Crippen LogP contribution is -2.59. The number of tetrazole rings is 1. The summed E-state index contributed by atoms with van der Waals surface area (Å²) in [6, 6.07) is 8.39. The number of ether oxygens (including phenoxy) is 2. The first-order valence-corrected chi connectivity index (χ1v) is 8.93. The van der Waals surface area contributed by atoms with Gasteiger partial charge in [0.2, 0.25) is 5.95 Å². The van der Waals surface area contributed by atoms with Gasteiger partial charge in [-0.3, -0.25) is 0 Å². The first-order chi connectivity index (χ1) is 12.2. The number of anilines is 1. The van der Waals surface area contributed by atoms with Gasteiger partial charge in [-0.15, -0.1) is 0 Å². The highest BCUT2D eigenvalue weighted by molar-refractivity contribution is 5.33. The minimum absolute atomic E-state index is 0.0102. The summed E-state index contributed by atoms with van der Waals surface area (Å²) < 4.78 is 13.2. The molecule has 1 saturated carbocycles. The van der Waals surface area contributed by atoms with Gasteiger partial charge in [0.05, 0.1) is 31.4 Å². The smallest absolute Gasteiger partial charge is 0.246 e. The molecule has 0 N–H and O–H groups in total. The molecule has 1 spiro atoms. The number of methoxy groups -OCH3 is 1. The van der Waals surface area contributed by atoms with E-state index in [9.17, 15) is 0 Å². The molecule has 0 amide bonds. The molecule has 2 heterocycles. The van der Waals surface area contributed by atoms with Gasteiger partial charge in [-0.2, -0.15) is 0 Å². The molecule has 2 fully saturated rings. The van der Waals surface area contributed by atoms with Crippen LogP contribution in [-0.4, -0.2) is 52.1 Å². The van der Waals surface area contributed by atoms with Crippen LogP contribution in [0.15, 0.2) is 24.3 Å². The molecule has 0 radical (unpaired) electrons. The van der Waals surface area contributed by atoms with Crippen molar-refractivity contribution in [1.29, 1.82) is 0 Å². The van der Waals surface area contributed by atoms with Crippen molar-refractivity contribution in [3.05, 3.63) is 35.4 Å². The number of rotatable bonds is 5. The number of morpholine rings is 1. The van der Waals surface area contributed by atoms with Crippen LogP contribution in [0.2, 0.25) is 0 Å². The Labute approximate surface area is 147 Å². The van der Waals surface area contributed by atoms with Gasteiger partial charge >= 0.3 is 0 Å². The van der Waals surface area contributed by atoms with E-state index in [1.54, 1.807) is 7.11 Å². The molecule has 134 valence electrons. The fourth-order valence-corrected chi connectivity index (χ4v) is 3.83. The second kappa shape index (κ2) is 6.72. The van der Waals surface area contributed by atoms with Crippen LogP contribution in [0.5, 0.6) is 0 Å². The Morgan fingerprint density at radius 2 is 2.00 bits per heavy atom. The summed E-state index contributed by atoms with van der Waals surface area (Å²) in [6.45, 7) is 5.13. The number of benzene rings is 1. The van der Waals surface area contributed by atoms with Crippen LogP contribution in [0, 0.1) is 0 Å². The van der Waals surface area contributed by atoms with Gasteiger partial charge in [-0.05, 0) is 47.7 Å². The van der Waals surface area contributed by atoms with Crippen molar-refractivity contribution in [3.8, 4) is 0 Å². The maximum absolute atomic E-state index is 6.20. The number of hydrogen-bond donors (Lipinski definition) is 0. The van der Waals surface area contributed by atoms with E-state index >= 15 is 0 Å². The predicted molar refractivity (Wildman–Crippen MR) is 93.4 cm³/mol. The summed E-state index contributed by atoms with van der Waals surface area (Å²) in [5, 5.41) is 12.4. The second-order valence-corrected chi connectivity index (χ2v) is 7.23. The molecule has 25 heavy (non-hydrogen) atoms. The SMILES string of the molecule is COCc1ccc(Cn2nnnc2N2CC(C)OC3(CCC3)C2)cc1. The molecule has 1 aliphatic heterocycles. The van der Waals surface area contributed by atoms with E-state index in [0.717, 1.165) is 37.4 Å². The third kappa shape index (κ3) is 3.39. The number of hydrogen-bond acceptors (Lipinski definition) is 6. The monoisotopic (exact) mass is 343 g/mol. The Bertz CT molecular complexity index is 711. The molecule has 1 unspecified atom stereocenters. The second-order valence-electron chi connectivity index (χ2n) is 7.23. The Balaban J connectivity index is 1.50. The van der Waals surface area contributed by atoms with Crippen molar-refractivity contribution in [2.45, 2.75) is 51.0 Å². The van der Waals surface area contributed by atoms with E-state index in [1.165, 1.54) is 12.0 Å². The molecule has 7 heteroatoms. The number of aromatic nitrogens is 4. The minimum Gasteiger partial charge on any atom is -0.380 e. The first kappa shape index (κ1) is 16.5. The molecule has 1 saturated heterocycles. The Morgan fingerprint density at radius 3 is 2.68 bits per heavy atom. The van der Waals surface area contributed by atoms with E-state index < -0.39 is 0 Å². The average molecular weight is 343 g/mol. The quantitative estimate of drug-likeness (QED) is 0.827. The third-order valence-electron chi connectivity index (χ3n) is 5.13. The molecular formula is C18H25N5O2. The fraction of sp³-hybridized carbons (Fsp3) is 0.611. The van der Waals surface area contributed by atoms with Gasteiger partial charge < -0.3 is 14.4 Å². The van der Waals surface area contributed by atoms with Gasteiger partial charge in [0.1, 0.15) is 0 Å². The predicted octanol–water partition coefficient (Wildman–Crippen LogP) is 2.02. The van der Waals surface area contributed by atoms with Crippen LogP contribution in [0.25, 0.3) is 0 Å². The highest BCUT2D eigenvalue weighted by Crippen LogP contribution is 2.40. The Kier molecular flexibility index (Phi) is 4.43. The summed E-state index contributed by atoms with van der Waals surface area (Å²) in [6.07, 6.45) is 3.72. The van der Waals surface area contributed by atoms with Crippen LogP contribution < -0.4 is 4.90 Å². The molecule has 1 aliphatic carbocycles. The Morgan fingerprint density at radius 1 is 1.24 bits per heavy atom. The van der Waals surface area contributed by atoms with Gasteiger partial charge in [-0.1, -0.05) is 29.4 Å². The van der Waals surface area contributed by atoms with Crippen molar-refractivity contribution in [2.75, 3.05) is 25.1 Å². The summed E-state index contributed by atoms with van der Waals surface area (Å²) in [4.78, 5) is 2.28. The van der Waals surface area contributed by atoms with Crippen molar-refractivity contribution < 1.29 is 9.47 Å². The maximum atomic E-state index is 6.20. The highest BCUT2D eigenvalue weighted by atomic mass is 16.5. The van der Waals surface area contributed by atoms with Crippen LogP contribution in [-0.2, 0) is 22.6 Å². The van der Waals surface area contributed by atoms with Crippen LogP contribution in [0.4, 0.5) is 5.95 Å². The minimum atomic E-state index is 0.0102. The summed E-state index contributed by atoms with van der Waals surface area (Å²) in [7, 11) is 1.71. The van der Waals surface area contributed by atoms with Crippen molar-refractivity contribution >= 4 is 5.95 Å². The number of nitrogens with zero attached hydrogens (tertiary/aromatic N) is 5. The van der Waals surface area contributed by atoms with E-state index in [2.05, 4.69) is 51.6 Å². The first-order valence-electron chi connectivity index (χ1n) is 8.93. The van der Waals surface area contributed by atoms with Crippen LogP contribution >= 0.6 is 0 Å². The van der Waals surface area contributed by atoms with Gasteiger partial charge in [0.25, 0.3) is 0 Å². The summed E-state index contributed by atoms with van der Waals surface area (Å²) in [5.41, 5.74) is 2.35. The lowest BCUT2D eigenvalue weighted by molar-refractivity contribution is -0.142. The third-order valence-corrected chi connectivity index (χ3v) is 5.13. The zero-order valence-electron chi connectivity index (χ0n) is 14.9.